The van der Waals surface area contributed by atoms with Crippen molar-refractivity contribution < 1.29 is 14.3 Å². The average Bonchev–Trinajstić information content (AvgIpc) is 2.26. The second-order valence-electron chi connectivity index (χ2n) is 6.31. The largest absolute Gasteiger partial charge is 0.496 e. The van der Waals surface area contributed by atoms with Gasteiger partial charge in [-0.1, -0.05) is 12.1 Å². The van der Waals surface area contributed by atoms with Crippen LogP contribution in [-0.4, -0.2) is 36.8 Å². The monoisotopic (exact) mass is 277 g/mol. The van der Waals surface area contributed by atoms with E-state index >= 15 is 0 Å². The maximum Gasteiger partial charge on any atom is 0.410 e. The van der Waals surface area contributed by atoms with E-state index in [1.807, 2.05) is 27.7 Å². The van der Waals surface area contributed by atoms with E-state index in [-0.39, 0.29) is 6.09 Å². The molecule has 2 rings (SSSR count). The first-order chi connectivity index (χ1) is 9.30. The lowest BCUT2D eigenvalue weighted by molar-refractivity contribution is 0.00819. The summed E-state index contributed by atoms with van der Waals surface area (Å²) < 4.78 is 10.7. The number of rotatable bonds is 2. The fourth-order valence-electron chi connectivity index (χ4n) is 2.26. The average molecular weight is 277 g/mol. The summed E-state index contributed by atoms with van der Waals surface area (Å²) in [5.74, 6) is 1.27. The van der Waals surface area contributed by atoms with Gasteiger partial charge in [0.25, 0.3) is 0 Å². The summed E-state index contributed by atoms with van der Waals surface area (Å²) in [6, 6.07) is 6.23. The van der Waals surface area contributed by atoms with Crippen molar-refractivity contribution in [2.24, 2.45) is 0 Å². The fraction of sp³-hybridized carbons (Fsp3) is 0.562. The molecule has 0 spiro atoms. The highest BCUT2D eigenvalue weighted by molar-refractivity contribution is 5.69. The van der Waals surface area contributed by atoms with E-state index in [0.29, 0.717) is 19.0 Å². The van der Waals surface area contributed by atoms with Crippen molar-refractivity contribution >= 4 is 6.09 Å². The van der Waals surface area contributed by atoms with Crippen LogP contribution in [0.5, 0.6) is 5.75 Å². The normalized spacial score (nSPS) is 15.8. The van der Waals surface area contributed by atoms with Gasteiger partial charge in [0.1, 0.15) is 11.4 Å². The van der Waals surface area contributed by atoms with E-state index in [2.05, 4.69) is 18.2 Å². The number of amides is 1. The molecule has 0 unspecified atom stereocenters. The molecule has 0 N–H and O–H groups in total. The van der Waals surface area contributed by atoms with Crippen molar-refractivity contribution in [2.45, 2.75) is 39.2 Å². The van der Waals surface area contributed by atoms with Crippen molar-refractivity contribution in [3.63, 3.8) is 0 Å². The third kappa shape index (κ3) is 3.24. The van der Waals surface area contributed by atoms with Crippen LogP contribution in [0.25, 0.3) is 0 Å². The van der Waals surface area contributed by atoms with E-state index < -0.39 is 5.60 Å². The zero-order chi connectivity index (χ0) is 14.9. The zero-order valence-electron chi connectivity index (χ0n) is 12.9. The fourth-order valence-corrected chi connectivity index (χ4v) is 2.26. The van der Waals surface area contributed by atoms with Crippen molar-refractivity contribution in [2.75, 3.05) is 20.2 Å². The van der Waals surface area contributed by atoms with Crippen molar-refractivity contribution in [1.82, 2.24) is 4.90 Å². The maximum atomic E-state index is 11.9. The van der Waals surface area contributed by atoms with Crippen LogP contribution in [0.1, 0.15) is 37.8 Å². The van der Waals surface area contributed by atoms with Crippen molar-refractivity contribution in [1.29, 1.82) is 0 Å². The number of likely N-dealkylation sites (tertiary alicyclic amines) is 1. The Morgan fingerprint density at radius 2 is 1.95 bits per heavy atom. The number of benzene rings is 1. The van der Waals surface area contributed by atoms with E-state index in [1.54, 1.807) is 12.0 Å². The number of carbonyl (C=O) groups excluding carboxylic acids is 1. The van der Waals surface area contributed by atoms with Crippen molar-refractivity contribution in [3.05, 3.63) is 29.3 Å². The standard InChI is InChI=1S/C16H23NO3/c1-11-6-7-12(8-14(11)19-5)13-9-17(10-13)15(18)20-16(2,3)4/h6-8,13H,9-10H2,1-5H3. The summed E-state index contributed by atoms with van der Waals surface area (Å²) in [6.45, 7) is 9.09. The lowest BCUT2D eigenvalue weighted by Crippen LogP contribution is -2.50. The topological polar surface area (TPSA) is 38.8 Å². The predicted molar refractivity (Wildman–Crippen MR) is 78.3 cm³/mol. The third-order valence-corrected chi connectivity index (χ3v) is 3.44. The molecular weight excluding hydrogens is 254 g/mol. The molecule has 1 aliphatic heterocycles. The molecule has 1 fully saturated rings. The molecule has 0 bridgehead atoms. The first-order valence-electron chi connectivity index (χ1n) is 6.92. The maximum absolute atomic E-state index is 11.9. The molecular formula is C16H23NO3. The van der Waals surface area contributed by atoms with Gasteiger partial charge in [0.2, 0.25) is 0 Å². The molecule has 1 amide bonds. The molecule has 1 aromatic carbocycles. The summed E-state index contributed by atoms with van der Waals surface area (Å²) in [6.07, 6.45) is -0.229. The van der Waals surface area contributed by atoms with Crippen LogP contribution in [0.15, 0.2) is 18.2 Å². The number of carbonyl (C=O) groups is 1. The molecule has 110 valence electrons. The molecule has 1 heterocycles. The Labute approximate surface area is 120 Å². The van der Waals surface area contributed by atoms with Gasteiger partial charge in [0, 0.05) is 19.0 Å². The van der Waals surface area contributed by atoms with Gasteiger partial charge in [-0.05, 0) is 44.9 Å². The lowest BCUT2D eigenvalue weighted by atomic mass is 9.91. The Kier molecular flexibility index (Phi) is 3.93. The first-order valence-corrected chi connectivity index (χ1v) is 6.92. The molecule has 1 aromatic rings. The molecule has 1 saturated heterocycles. The molecule has 0 aromatic heterocycles. The minimum absolute atomic E-state index is 0.229. The van der Waals surface area contributed by atoms with Gasteiger partial charge in [0.05, 0.1) is 7.11 Å². The van der Waals surface area contributed by atoms with Crippen LogP contribution >= 0.6 is 0 Å². The quantitative estimate of drug-likeness (QED) is 0.832. The SMILES string of the molecule is COc1cc(C2CN(C(=O)OC(C)(C)C)C2)ccc1C. The van der Waals surface area contributed by atoms with E-state index in [1.165, 1.54) is 5.56 Å². The Morgan fingerprint density at radius 1 is 1.30 bits per heavy atom. The first kappa shape index (κ1) is 14.7. The summed E-state index contributed by atoms with van der Waals surface area (Å²) >= 11 is 0. The number of ether oxygens (including phenoxy) is 2. The Hall–Kier alpha value is -1.71. The summed E-state index contributed by atoms with van der Waals surface area (Å²) in [5, 5.41) is 0. The molecule has 4 heteroatoms. The minimum atomic E-state index is -0.435. The van der Waals surface area contributed by atoms with Crippen LogP contribution < -0.4 is 4.74 Å². The van der Waals surface area contributed by atoms with Gasteiger partial charge in [-0.15, -0.1) is 0 Å². The van der Waals surface area contributed by atoms with Gasteiger partial charge in [-0.25, -0.2) is 4.79 Å². The number of aryl methyl sites for hydroxylation is 1. The van der Waals surface area contributed by atoms with Crippen LogP contribution in [0.2, 0.25) is 0 Å². The highest BCUT2D eigenvalue weighted by Crippen LogP contribution is 2.31. The number of methoxy groups -OCH3 is 1. The van der Waals surface area contributed by atoms with Crippen LogP contribution in [0, 0.1) is 6.92 Å². The highest BCUT2D eigenvalue weighted by atomic mass is 16.6. The van der Waals surface area contributed by atoms with Gasteiger partial charge in [-0.3, -0.25) is 0 Å². The van der Waals surface area contributed by atoms with Crippen LogP contribution in [0.4, 0.5) is 4.79 Å². The number of hydrogen-bond donors (Lipinski definition) is 0. The van der Waals surface area contributed by atoms with Gasteiger partial charge in [-0.2, -0.15) is 0 Å². The smallest absolute Gasteiger partial charge is 0.410 e. The van der Waals surface area contributed by atoms with Gasteiger partial charge < -0.3 is 14.4 Å². The Balaban J connectivity index is 1.95. The predicted octanol–water partition coefficient (Wildman–Crippen LogP) is 3.34. The molecule has 0 saturated carbocycles. The third-order valence-electron chi connectivity index (χ3n) is 3.44. The van der Waals surface area contributed by atoms with E-state index in [9.17, 15) is 4.79 Å². The van der Waals surface area contributed by atoms with E-state index in [0.717, 1.165) is 11.3 Å². The summed E-state index contributed by atoms with van der Waals surface area (Å²) in [5.41, 5.74) is 1.90. The molecule has 0 radical (unpaired) electrons. The number of hydrogen-bond acceptors (Lipinski definition) is 3. The summed E-state index contributed by atoms with van der Waals surface area (Å²) in [4.78, 5) is 13.6. The second-order valence-corrected chi connectivity index (χ2v) is 6.31. The Bertz CT molecular complexity index is 499. The lowest BCUT2D eigenvalue weighted by Gasteiger charge is -2.40. The highest BCUT2D eigenvalue weighted by Gasteiger charge is 2.34. The molecule has 0 aliphatic carbocycles. The molecule has 4 nitrogen and oxygen atoms in total. The second kappa shape index (κ2) is 5.35. The van der Waals surface area contributed by atoms with Crippen LogP contribution in [-0.2, 0) is 4.74 Å². The van der Waals surface area contributed by atoms with Gasteiger partial charge in [0.15, 0.2) is 0 Å². The molecule has 0 atom stereocenters. The minimum Gasteiger partial charge on any atom is -0.496 e. The zero-order valence-corrected chi connectivity index (χ0v) is 12.9. The van der Waals surface area contributed by atoms with E-state index in [4.69, 9.17) is 9.47 Å². The molecule has 20 heavy (non-hydrogen) atoms. The number of nitrogens with zero attached hydrogens (tertiary/aromatic N) is 1. The van der Waals surface area contributed by atoms with Crippen molar-refractivity contribution in [3.8, 4) is 5.75 Å². The molecule has 1 aliphatic rings. The van der Waals surface area contributed by atoms with Gasteiger partial charge >= 0.3 is 6.09 Å². The van der Waals surface area contributed by atoms with Crippen LogP contribution in [0.3, 0.4) is 0 Å². The summed E-state index contributed by atoms with van der Waals surface area (Å²) in [7, 11) is 1.68. The Morgan fingerprint density at radius 3 is 2.50 bits per heavy atom.